The number of carbonyl (C=O) groups is 3. The van der Waals surface area contributed by atoms with Gasteiger partial charge in [-0.2, -0.15) is 0 Å². The van der Waals surface area contributed by atoms with Gasteiger partial charge in [0.1, 0.15) is 11.9 Å². The standard InChI is InChI=1S/C23H21N5O4S/c1-12(2)18(27-20(30)14-8-4-5-9-15(14)21(27)31)19(29)25-23(33)26-28-13(3)24-17-11-7-6-10-16(17)22(28)32/h4-12,18H,1-3H3,(H2,25,26,29,33)/t18-/m1/s1. The second-order valence-corrected chi connectivity index (χ2v) is 8.37. The van der Waals surface area contributed by atoms with Crippen LogP contribution in [0.3, 0.4) is 0 Å². The van der Waals surface area contributed by atoms with E-state index in [-0.39, 0.29) is 27.7 Å². The molecular formula is C23H21N5O4S. The molecule has 2 N–H and O–H groups in total. The van der Waals surface area contributed by atoms with Gasteiger partial charge in [0.15, 0.2) is 5.11 Å². The number of hydrogen-bond acceptors (Lipinski definition) is 6. The van der Waals surface area contributed by atoms with Crippen LogP contribution in [0.15, 0.2) is 53.3 Å². The summed E-state index contributed by atoms with van der Waals surface area (Å²) in [6.45, 7) is 5.08. The van der Waals surface area contributed by atoms with Gasteiger partial charge >= 0.3 is 0 Å². The largest absolute Gasteiger partial charge is 0.300 e. The minimum atomic E-state index is -1.09. The Balaban J connectivity index is 1.57. The van der Waals surface area contributed by atoms with E-state index in [1.165, 1.54) is 0 Å². The van der Waals surface area contributed by atoms with Crippen LogP contribution in [0.1, 0.15) is 40.4 Å². The number of amides is 3. The molecule has 3 amide bonds. The summed E-state index contributed by atoms with van der Waals surface area (Å²) in [7, 11) is 0. The summed E-state index contributed by atoms with van der Waals surface area (Å²) in [5.74, 6) is -1.75. The molecule has 9 nitrogen and oxygen atoms in total. The summed E-state index contributed by atoms with van der Waals surface area (Å²) >= 11 is 5.24. The van der Waals surface area contributed by atoms with Crippen LogP contribution in [-0.4, -0.2) is 43.4 Å². The Morgan fingerprint density at radius 2 is 1.55 bits per heavy atom. The number of benzene rings is 2. The molecule has 0 radical (unpaired) electrons. The number of nitrogens with zero attached hydrogens (tertiary/aromatic N) is 3. The lowest BCUT2D eigenvalue weighted by molar-refractivity contribution is -0.124. The van der Waals surface area contributed by atoms with Gasteiger partial charge in [-0.05, 0) is 49.3 Å². The van der Waals surface area contributed by atoms with Gasteiger partial charge in [0.2, 0.25) is 5.91 Å². The van der Waals surface area contributed by atoms with Gasteiger partial charge in [-0.25, -0.2) is 9.66 Å². The Hall–Kier alpha value is -3.92. The van der Waals surface area contributed by atoms with Crippen LogP contribution in [-0.2, 0) is 4.79 Å². The predicted molar refractivity (Wildman–Crippen MR) is 126 cm³/mol. The van der Waals surface area contributed by atoms with Crippen molar-refractivity contribution in [2.24, 2.45) is 5.92 Å². The third kappa shape index (κ3) is 3.89. The molecule has 0 saturated heterocycles. The Morgan fingerprint density at radius 1 is 0.970 bits per heavy atom. The first-order chi connectivity index (χ1) is 15.7. The molecule has 0 unspecified atom stereocenters. The Kier molecular flexibility index (Phi) is 5.77. The molecule has 0 spiro atoms. The van der Waals surface area contributed by atoms with Gasteiger partial charge in [0, 0.05) is 0 Å². The molecule has 33 heavy (non-hydrogen) atoms. The Bertz CT molecular complexity index is 1350. The van der Waals surface area contributed by atoms with E-state index < -0.39 is 23.8 Å². The lowest BCUT2D eigenvalue weighted by Crippen LogP contribution is -2.55. The minimum absolute atomic E-state index is 0.162. The molecule has 2 heterocycles. The average molecular weight is 464 g/mol. The second-order valence-electron chi connectivity index (χ2n) is 7.96. The van der Waals surface area contributed by atoms with Crippen LogP contribution < -0.4 is 16.3 Å². The molecule has 1 aliphatic rings. The van der Waals surface area contributed by atoms with Crippen LogP contribution in [0.5, 0.6) is 0 Å². The molecule has 0 bridgehead atoms. The van der Waals surface area contributed by atoms with Crippen molar-refractivity contribution < 1.29 is 14.4 Å². The summed E-state index contributed by atoms with van der Waals surface area (Å²) in [5, 5.41) is 2.73. The van der Waals surface area contributed by atoms with Crippen molar-refractivity contribution in [1.82, 2.24) is 19.9 Å². The number of aryl methyl sites for hydroxylation is 1. The summed E-state index contributed by atoms with van der Waals surface area (Å²) in [6.07, 6.45) is 0. The third-order valence-corrected chi connectivity index (χ3v) is 5.59. The van der Waals surface area contributed by atoms with Crippen molar-refractivity contribution in [3.05, 3.63) is 75.8 Å². The number of hydrogen-bond donors (Lipinski definition) is 2. The van der Waals surface area contributed by atoms with Crippen molar-refractivity contribution in [2.45, 2.75) is 26.8 Å². The molecule has 10 heteroatoms. The highest BCUT2D eigenvalue weighted by Gasteiger charge is 2.44. The summed E-state index contributed by atoms with van der Waals surface area (Å²) in [6, 6.07) is 12.2. The SMILES string of the molecule is Cc1nc2ccccc2c(=O)n1NC(=S)NC(=O)[C@@H](C(C)C)N1C(=O)c2ccccc2C1=O. The molecule has 3 aromatic rings. The van der Waals surface area contributed by atoms with Crippen LogP contribution in [0.4, 0.5) is 0 Å². The minimum Gasteiger partial charge on any atom is -0.300 e. The molecule has 4 rings (SSSR count). The average Bonchev–Trinajstić information content (AvgIpc) is 3.02. The molecule has 0 saturated carbocycles. The number of aromatic nitrogens is 2. The molecule has 168 valence electrons. The van der Waals surface area contributed by atoms with Gasteiger partial charge in [-0.3, -0.25) is 34.8 Å². The number of rotatable bonds is 4. The normalized spacial score (nSPS) is 13.9. The van der Waals surface area contributed by atoms with E-state index in [9.17, 15) is 19.2 Å². The van der Waals surface area contributed by atoms with Crippen molar-refractivity contribution in [3.8, 4) is 0 Å². The monoisotopic (exact) mass is 463 g/mol. The van der Waals surface area contributed by atoms with Crippen LogP contribution in [0.2, 0.25) is 0 Å². The topological polar surface area (TPSA) is 113 Å². The Morgan fingerprint density at radius 3 is 2.15 bits per heavy atom. The van der Waals surface area contributed by atoms with Gasteiger partial charge < -0.3 is 0 Å². The van der Waals surface area contributed by atoms with E-state index in [4.69, 9.17) is 12.2 Å². The first-order valence-electron chi connectivity index (χ1n) is 10.3. The van der Waals surface area contributed by atoms with E-state index in [0.717, 1.165) is 9.58 Å². The highest BCUT2D eigenvalue weighted by molar-refractivity contribution is 7.80. The number of carbonyl (C=O) groups excluding carboxylic acids is 3. The summed E-state index contributed by atoms with van der Waals surface area (Å²) in [5.41, 5.74) is 3.35. The smallest absolute Gasteiger partial charge is 0.280 e. The van der Waals surface area contributed by atoms with Gasteiger partial charge in [0.25, 0.3) is 17.4 Å². The van der Waals surface area contributed by atoms with E-state index in [0.29, 0.717) is 16.7 Å². The number of nitrogens with one attached hydrogen (secondary N) is 2. The number of para-hydroxylation sites is 1. The first-order valence-corrected chi connectivity index (χ1v) is 10.7. The zero-order valence-corrected chi connectivity index (χ0v) is 19.0. The fourth-order valence-electron chi connectivity index (χ4n) is 3.87. The molecular weight excluding hydrogens is 442 g/mol. The lowest BCUT2D eigenvalue weighted by Gasteiger charge is -2.28. The number of imide groups is 1. The van der Waals surface area contributed by atoms with Crippen molar-refractivity contribution in [3.63, 3.8) is 0 Å². The fourth-order valence-corrected chi connectivity index (χ4v) is 4.06. The maximum absolute atomic E-state index is 13.1. The van der Waals surface area contributed by atoms with Gasteiger partial charge in [-0.1, -0.05) is 38.1 Å². The molecule has 0 aliphatic carbocycles. The predicted octanol–water partition coefficient (Wildman–Crippen LogP) is 1.97. The Labute approximate surface area is 194 Å². The number of thiocarbonyl (C=S) groups is 1. The fraction of sp³-hybridized carbons (Fsp3) is 0.217. The van der Waals surface area contributed by atoms with E-state index in [2.05, 4.69) is 15.7 Å². The zero-order valence-electron chi connectivity index (χ0n) is 18.2. The van der Waals surface area contributed by atoms with E-state index in [1.807, 2.05) is 0 Å². The number of fused-ring (bicyclic) bond motifs is 2. The molecule has 0 fully saturated rings. The van der Waals surface area contributed by atoms with Gasteiger partial charge in [-0.15, -0.1) is 0 Å². The lowest BCUT2D eigenvalue weighted by atomic mass is 10.0. The molecule has 1 aliphatic heterocycles. The van der Waals surface area contributed by atoms with E-state index >= 15 is 0 Å². The van der Waals surface area contributed by atoms with Crippen molar-refractivity contribution in [1.29, 1.82) is 0 Å². The quantitative estimate of drug-likeness (QED) is 0.449. The highest BCUT2D eigenvalue weighted by atomic mass is 32.1. The molecule has 1 atom stereocenters. The third-order valence-electron chi connectivity index (χ3n) is 5.40. The first kappa shape index (κ1) is 22.3. The van der Waals surface area contributed by atoms with E-state index in [1.54, 1.807) is 69.3 Å². The van der Waals surface area contributed by atoms with Crippen LogP contribution in [0.25, 0.3) is 10.9 Å². The van der Waals surface area contributed by atoms with Crippen molar-refractivity contribution in [2.75, 3.05) is 5.43 Å². The highest BCUT2D eigenvalue weighted by Crippen LogP contribution is 2.27. The van der Waals surface area contributed by atoms with Crippen LogP contribution in [0, 0.1) is 12.8 Å². The maximum Gasteiger partial charge on any atom is 0.280 e. The zero-order chi connectivity index (χ0) is 23.9. The van der Waals surface area contributed by atoms with Crippen LogP contribution >= 0.6 is 12.2 Å². The molecule has 2 aromatic carbocycles. The molecule has 1 aromatic heterocycles. The van der Waals surface area contributed by atoms with Crippen molar-refractivity contribution >= 4 is 46.0 Å². The summed E-state index contributed by atoms with van der Waals surface area (Å²) in [4.78, 5) is 57.0. The summed E-state index contributed by atoms with van der Waals surface area (Å²) < 4.78 is 1.14. The van der Waals surface area contributed by atoms with Gasteiger partial charge in [0.05, 0.1) is 22.0 Å². The second kappa shape index (κ2) is 8.55. The maximum atomic E-state index is 13.1.